The summed E-state index contributed by atoms with van der Waals surface area (Å²) < 4.78 is 25.4. The van der Waals surface area contributed by atoms with E-state index in [4.69, 9.17) is 5.26 Å². The molecule has 0 heterocycles. The summed E-state index contributed by atoms with van der Waals surface area (Å²) in [5.41, 5.74) is 1.39. The van der Waals surface area contributed by atoms with Gasteiger partial charge in [0.1, 0.15) is 6.07 Å². The first-order chi connectivity index (χ1) is 12.7. The minimum atomic E-state index is -3.65. The van der Waals surface area contributed by atoms with Gasteiger partial charge in [-0.1, -0.05) is 24.3 Å². The monoisotopic (exact) mass is 385 g/mol. The van der Waals surface area contributed by atoms with Crippen LogP contribution in [0.2, 0.25) is 0 Å². The van der Waals surface area contributed by atoms with Crippen molar-refractivity contribution >= 4 is 33.1 Å². The van der Waals surface area contributed by atoms with E-state index in [0.717, 1.165) is 10.6 Å². The fourth-order valence-corrected chi connectivity index (χ4v) is 3.39. The molecular weight excluding hydrogens is 366 g/mol. The summed E-state index contributed by atoms with van der Waals surface area (Å²) in [5.74, 6) is -0.606. The number of ketones is 1. The second-order valence-electron chi connectivity index (χ2n) is 5.90. The Morgan fingerprint density at radius 1 is 1.15 bits per heavy atom. The summed E-state index contributed by atoms with van der Waals surface area (Å²) in [6.45, 7) is 1.30. The van der Waals surface area contributed by atoms with E-state index in [1.54, 1.807) is 42.5 Å². The summed E-state index contributed by atoms with van der Waals surface area (Å²) in [6.07, 6.45) is 0.924. The van der Waals surface area contributed by atoms with Crippen LogP contribution in [-0.2, 0) is 14.8 Å². The van der Waals surface area contributed by atoms with Crippen molar-refractivity contribution in [2.45, 2.75) is 13.3 Å². The van der Waals surface area contributed by atoms with Crippen molar-refractivity contribution in [2.24, 2.45) is 0 Å². The van der Waals surface area contributed by atoms with E-state index in [-0.39, 0.29) is 18.7 Å². The largest absolute Gasteiger partial charge is 0.325 e. The molecule has 0 spiro atoms. The number of carbonyl (C=O) groups excluding carboxylic acids is 2. The fourth-order valence-electron chi connectivity index (χ4n) is 2.47. The second-order valence-corrected chi connectivity index (χ2v) is 7.80. The van der Waals surface area contributed by atoms with Crippen LogP contribution < -0.4 is 9.62 Å². The van der Waals surface area contributed by atoms with Crippen molar-refractivity contribution in [3.63, 3.8) is 0 Å². The van der Waals surface area contributed by atoms with E-state index in [9.17, 15) is 18.0 Å². The van der Waals surface area contributed by atoms with Crippen LogP contribution in [0.15, 0.2) is 48.5 Å². The Morgan fingerprint density at radius 3 is 2.48 bits per heavy atom. The zero-order valence-corrected chi connectivity index (χ0v) is 15.8. The van der Waals surface area contributed by atoms with Crippen LogP contribution in [0.25, 0.3) is 0 Å². The highest BCUT2D eigenvalue weighted by Crippen LogP contribution is 2.20. The van der Waals surface area contributed by atoms with Crippen molar-refractivity contribution < 1.29 is 18.0 Å². The normalized spacial score (nSPS) is 10.7. The molecule has 2 rings (SSSR count). The highest BCUT2D eigenvalue weighted by Gasteiger charge is 2.19. The minimum Gasteiger partial charge on any atom is -0.325 e. The van der Waals surface area contributed by atoms with Gasteiger partial charge in [-0.3, -0.25) is 13.9 Å². The highest BCUT2D eigenvalue weighted by molar-refractivity contribution is 7.92. The van der Waals surface area contributed by atoms with Crippen LogP contribution in [0.3, 0.4) is 0 Å². The lowest BCUT2D eigenvalue weighted by molar-refractivity contribution is -0.116. The molecule has 0 aliphatic carbocycles. The maximum atomic E-state index is 12.2. The van der Waals surface area contributed by atoms with E-state index in [2.05, 4.69) is 5.32 Å². The smallest absolute Gasteiger partial charge is 0.232 e. The Labute approximate surface area is 158 Å². The van der Waals surface area contributed by atoms with Gasteiger partial charge in [0.05, 0.1) is 23.2 Å². The number of nitriles is 1. The van der Waals surface area contributed by atoms with E-state index >= 15 is 0 Å². The molecule has 27 heavy (non-hydrogen) atoms. The van der Waals surface area contributed by atoms with Crippen molar-refractivity contribution in [3.05, 3.63) is 59.7 Å². The zero-order chi connectivity index (χ0) is 20.0. The average molecular weight is 385 g/mol. The molecule has 0 saturated heterocycles. The predicted octanol–water partition coefficient (Wildman–Crippen LogP) is 2.56. The van der Waals surface area contributed by atoms with E-state index in [1.807, 2.05) is 6.07 Å². The molecule has 7 nitrogen and oxygen atoms in total. The maximum absolute atomic E-state index is 12.2. The summed E-state index contributed by atoms with van der Waals surface area (Å²) >= 11 is 0. The number of nitrogens with zero attached hydrogens (tertiary/aromatic N) is 2. The molecule has 1 amide bonds. The van der Waals surface area contributed by atoms with Crippen molar-refractivity contribution in [1.29, 1.82) is 5.26 Å². The summed E-state index contributed by atoms with van der Waals surface area (Å²) in [6, 6.07) is 14.8. The lowest BCUT2D eigenvalue weighted by atomic mass is 10.1. The second kappa shape index (κ2) is 8.47. The standard InChI is InChI=1S/C19H19N3O4S/c1-14(23)15-7-5-8-17(12-15)22(27(2,25)26)11-10-19(24)21-18-9-4-3-6-16(18)13-20/h3-9,12H,10-11H2,1-2H3,(H,21,24). The molecule has 1 N–H and O–H groups in total. The van der Waals surface area contributed by atoms with Gasteiger partial charge in [-0.05, 0) is 31.2 Å². The number of hydrogen-bond acceptors (Lipinski definition) is 5. The van der Waals surface area contributed by atoms with Gasteiger partial charge in [-0.2, -0.15) is 5.26 Å². The van der Waals surface area contributed by atoms with Crippen LogP contribution in [0.5, 0.6) is 0 Å². The summed E-state index contributed by atoms with van der Waals surface area (Å²) in [7, 11) is -3.65. The number of benzene rings is 2. The quantitative estimate of drug-likeness (QED) is 0.737. The predicted molar refractivity (Wildman–Crippen MR) is 103 cm³/mol. The number of carbonyl (C=O) groups is 2. The highest BCUT2D eigenvalue weighted by atomic mass is 32.2. The van der Waals surface area contributed by atoms with Crippen LogP contribution in [0.1, 0.15) is 29.3 Å². The first-order valence-electron chi connectivity index (χ1n) is 8.10. The van der Waals surface area contributed by atoms with Gasteiger partial charge >= 0.3 is 0 Å². The maximum Gasteiger partial charge on any atom is 0.232 e. The lowest BCUT2D eigenvalue weighted by Gasteiger charge is -2.22. The number of sulfonamides is 1. The fraction of sp³-hybridized carbons (Fsp3) is 0.211. The third kappa shape index (κ3) is 5.39. The Bertz CT molecular complexity index is 1010. The first-order valence-corrected chi connectivity index (χ1v) is 9.95. The topological polar surface area (TPSA) is 107 Å². The molecule has 140 valence electrons. The lowest BCUT2D eigenvalue weighted by Crippen LogP contribution is -2.33. The Hall–Kier alpha value is -3.18. The van der Waals surface area contributed by atoms with Gasteiger partial charge in [0.25, 0.3) is 0 Å². The molecule has 0 fully saturated rings. The Morgan fingerprint density at radius 2 is 1.85 bits per heavy atom. The van der Waals surface area contributed by atoms with Crippen molar-refractivity contribution in [2.75, 3.05) is 22.4 Å². The molecule has 0 aliphatic heterocycles. The minimum absolute atomic E-state index is 0.0965. The SMILES string of the molecule is CC(=O)c1cccc(N(CCC(=O)Nc2ccccc2C#N)S(C)(=O)=O)c1. The van der Waals surface area contributed by atoms with E-state index in [1.165, 1.54) is 13.0 Å². The van der Waals surface area contributed by atoms with E-state index in [0.29, 0.717) is 22.5 Å². The molecular formula is C19H19N3O4S. The number of amides is 1. The molecule has 0 radical (unpaired) electrons. The molecule has 0 atom stereocenters. The third-order valence-corrected chi connectivity index (χ3v) is 5.00. The average Bonchev–Trinajstić information content (AvgIpc) is 2.61. The first kappa shape index (κ1) is 20.1. The van der Waals surface area contributed by atoms with Gasteiger partial charge in [0, 0.05) is 18.5 Å². The Balaban J connectivity index is 2.16. The van der Waals surface area contributed by atoms with Crippen LogP contribution in [0.4, 0.5) is 11.4 Å². The van der Waals surface area contributed by atoms with Gasteiger partial charge in [-0.25, -0.2) is 8.42 Å². The number of hydrogen-bond donors (Lipinski definition) is 1. The number of rotatable bonds is 7. The van der Waals surface area contributed by atoms with Crippen molar-refractivity contribution in [3.8, 4) is 6.07 Å². The third-order valence-electron chi connectivity index (χ3n) is 3.80. The van der Waals surface area contributed by atoms with Gasteiger partial charge in [-0.15, -0.1) is 0 Å². The summed E-state index contributed by atoms with van der Waals surface area (Å²) in [4.78, 5) is 23.8. The molecule has 0 unspecified atom stereocenters. The number of nitrogens with one attached hydrogen (secondary N) is 1. The van der Waals surface area contributed by atoms with E-state index < -0.39 is 15.9 Å². The molecule has 0 aromatic heterocycles. The number of anilines is 2. The van der Waals surface area contributed by atoms with Crippen LogP contribution in [-0.4, -0.2) is 32.9 Å². The summed E-state index contributed by atoms with van der Waals surface area (Å²) in [5, 5.41) is 11.7. The molecule has 2 aromatic carbocycles. The Kier molecular flexibility index (Phi) is 6.32. The van der Waals surface area contributed by atoms with Crippen LogP contribution >= 0.6 is 0 Å². The molecule has 0 aliphatic rings. The zero-order valence-electron chi connectivity index (χ0n) is 15.0. The van der Waals surface area contributed by atoms with Gasteiger partial charge in [0.15, 0.2) is 5.78 Å². The van der Waals surface area contributed by atoms with Crippen LogP contribution in [0, 0.1) is 11.3 Å². The van der Waals surface area contributed by atoms with Gasteiger partial charge in [0.2, 0.25) is 15.9 Å². The number of para-hydroxylation sites is 1. The molecule has 2 aromatic rings. The van der Waals surface area contributed by atoms with Gasteiger partial charge < -0.3 is 5.32 Å². The number of Topliss-reactive ketones (excluding diaryl/α,β-unsaturated/α-hetero) is 1. The molecule has 8 heteroatoms. The molecule has 0 bridgehead atoms. The molecule has 0 saturated carbocycles. The van der Waals surface area contributed by atoms with Crippen molar-refractivity contribution in [1.82, 2.24) is 0 Å².